The summed E-state index contributed by atoms with van der Waals surface area (Å²) in [6.07, 6.45) is 1.08. The molecule has 20 heavy (non-hydrogen) atoms. The predicted molar refractivity (Wildman–Crippen MR) is 76.0 cm³/mol. The second kappa shape index (κ2) is 6.12. The van der Waals surface area contributed by atoms with Crippen LogP contribution in [0.25, 0.3) is 0 Å². The minimum atomic E-state index is -0.787. The summed E-state index contributed by atoms with van der Waals surface area (Å²) in [5.74, 6) is -1.43. The first-order valence-corrected chi connectivity index (χ1v) is 7.26. The Morgan fingerprint density at radius 3 is 2.20 bits per heavy atom. The van der Waals surface area contributed by atoms with Crippen LogP contribution >= 0.6 is 0 Å². The van der Waals surface area contributed by atoms with Gasteiger partial charge in [-0.2, -0.15) is 0 Å². The van der Waals surface area contributed by atoms with Gasteiger partial charge in [-0.15, -0.1) is 0 Å². The Balaban J connectivity index is 2.82. The van der Waals surface area contributed by atoms with Crippen LogP contribution in [-0.2, 0) is 14.3 Å². The average molecular weight is 285 g/mol. The zero-order chi connectivity index (χ0) is 15.6. The van der Waals surface area contributed by atoms with Gasteiger partial charge in [-0.3, -0.25) is 9.59 Å². The summed E-state index contributed by atoms with van der Waals surface area (Å²) in [5, 5.41) is 9.94. The zero-order valence-electron chi connectivity index (χ0n) is 13.2. The number of hydrogen-bond donors (Lipinski definition) is 1. The Bertz CT molecular complexity index is 361. The summed E-state index contributed by atoms with van der Waals surface area (Å²) >= 11 is 0. The van der Waals surface area contributed by atoms with Gasteiger partial charge in [0.05, 0.1) is 12.2 Å². The van der Waals surface area contributed by atoms with Gasteiger partial charge in [0, 0.05) is 13.1 Å². The molecule has 1 unspecified atom stereocenters. The van der Waals surface area contributed by atoms with Gasteiger partial charge in [0.15, 0.2) is 0 Å². The standard InChI is InChI=1S/C15H27NO4/c1-6-20-13(18)11(14(2,3)4)12(17)16-9-7-15(5,19)8-10-16/h11,19H,6-10H2,1-5H3. The number of carbonyl (C=O) groups is 2. The Labute approximate surface area is 121 Å². The van der Waals surface area contributed by atoms with E-state index in [0.717, 1.165) is 0 Å². The van der Waals surface area contributed by atoms with E-state index in [4.69, 9.17) is 4.74 Å². The molecule has 0 aromatic heterocycles. The summed E-state index contributed by atoms with van der Waals surface area (Å²) in [7, 11) is 0. The maximum atomic E-state index is 12.6. The quantitative estimate of drug-likeness (QED) is 0.631. The molecule has 1 aliphatic rings. The number of likely N-dealkylation sites (tertiary alicyclic amines) is 1. The van der Waals surface area contributed by atoms with E-state index in [1.54, 1.807) is 18.7 Å². The fraction of sp³-hybridized carbons (Fsp3) is 0.867. The van der Waals surface area contributed by atoms with Crippen LogP contribution in [0, 0.1) is 11.3 Å². The van der Waals surface area contributed by atoms with Gasteiger partial charge in [0.2, 0.25) is 5.91 Å². The topological polar surface area (TPSA) is 66.8 Å². The Morgan fingerprint density at radius 2 is 1.80 bits per heavy atom. The number of nitrogens with zero attached hydrogens (tertiary/aromatic N) is 1. The normalized spacial score (nSPS) is 20.4. The Kier molecular flexibility index (Phi) is 5.19. The number of rotatable bonds is 3. The van der Waals surface area contributed by atoms with Crippen molar-refractivity contribution in [1.82, 2.24) is 4.90 Å². The molecule has 116 valence electrons. The first-order valence-electron chi connectivity index (χ1n) is 7.26. The third-order valence-electron chi connectivity index (χ3n) is 3.79. The van der Waals surface area contributed by atoms with Crippen LogP contribution in [0.1, 0.15) is 47.5 Å². The lowest BCUT2D eigenvalue weighted by atomic mass is 9.79. The highest BCUT2D eigenvalue weighted by molar-refractivity contribution is 5.98. The third kappa shape index (κ3) is 4.20. The molecule has 1 atom stereocenters. The molecule has 1 N–H and O–H groups in total. The first kappa shape index (κ1) is 17.0. The van der Waals surface area contributed by atoms with Gasteiger partial charge in [0.25, 0.3) is 0 Å². The van der Waals surface area contributed by atoms with Crippen molar-refractivity contribution in [2.24, 2.45) is 11.3 Å². The van der Waals surface area contributed by atoms with Crippen LogP contribution in [-0.4, -0.2) is 47.2 Å². The fourth-order valence-corrected chi connectivity index (χ4v) is 2.44. The summed E-state index contributed by atoms with van der Waals surface area (Å²) in [6.45, 7) is 10.4. The van der Waals surface area contributed by atoms with Gasteiger partial charge in [0.1, 0.15) is 5.92 Å². The molecule has 1 heterocycles. The third-order valence-corrected chi connectivity index (χ3v) is 3.79. The Morgan fingerprint density at radius 1 is 1.30 bits per heavy atom. The van der Waals surface area contributed by atoms with Crippen molar-refractivity contribution in [3.8, 4) is 0 Å². The maximum Gasteiger partial charge on any atom is 0.319 e. The lowest BCUT2D eigenvalue weighted by Crippen LogP contribution is -2.51. The molecular weight excluding hydrogens is 258 g/mol. The molecule has 0 aromatic carbocycles. The van der Waals surface area contributed by atoms with Crippen LogP contribution in [0.3, 0.4) is 0 Å². The summed E-state index contributed by atoms with van der Waals surface area (Å²) < 4.78 is 5.05. The molecule has 0 aliphatic carbocycles. The molecule has 1 fully saturated rings. The highest BCUT2D eigenvalue weighted by atomic mass is 16.5. The smallest absolute Gasteiger partial charge is 0.319 e. The molecule has 1 rings (SSSR count). The lowest BCUT2D eigenvalue weighted by molar-refractivity contribution is -0.161. The van der Waals surface area contributed by atoms with E-state index in [2.05, 4.69) is 0 Å². The van der Waals surface area contributed by atoms with Crippen molar-refractivity contribution < 1.29 is 19.4 Å². The van der Waals surface area contributed by atoms with Crippen molar-refractivity contribution >= 4 is 11.9 Å². The number of esters is 1. The number of amides is 1. The monoisotopic (exact) mass is 285 g/mol. The number of ether oxygens (including phenoxy) is 1. The van der Waals surface area contributed by atoms with Crippen molar-refractivity contribution in [3.63, 3.8) is 0 Å². The van der Waals surface area contributed by atoms with E-state index in [-0.39, 0.29) is 12.5 Å². The van der Waals surface area contributed by atoms with Crippen molar-refractivity contribution in [1.29, 1.82) is 0 Å². The van der Waals surface area contributed by atoms with E-state index >= 15 is 0 Å². The van der Waals surface area contributed by atoms with Crippen LogP contribution in [0.5, 0.6) is 0 Å². The van der Waals surface area contributed by atoms with Crippen LogP contribution in [0.2, 0.25) is 0 Å². The average Bonchev–Trinajstić information content (AvgIpc) is 2.27. The molecular formula is C15H27NO4. The van der Waals surface area contributed by atoms with E-state index in [0.29, 0.717) is 25.9 Å². The largest absolute Gasteiger partial charge is 0.465 e. The maximum absolute atomic E-state index is 12.6. The molecule has 0 spiro atoms. The van der Waals surface area contributed by atoms with E-state index < -0.39 is 22.9 Å². The number of hydrogen-bond acceptors (Lipinski definition) is 4. The van der Waals surface area contributed by atoms with Crippen molar-refractivity contribution in [2.45, 2.75) is 53.1 Å². The summed E-state index contributed by atoms with van der Waals surface area (Å²) in [6, 6.07) is 0. The molecule has 0 radical (unpaired) electrons. The van der Waals surface area contributed by atoms with Crippen molar-refractivity contribution in [2.75, 3.05) is 19.7 Å². The molecule has 1 saturated heterocycles. The fourth-order valence-electron chi connectivity index (χ4n) is 2.44. The zero-order valence-corrected chi connectivity index (χ0v) is 13.2. The van der Waals surface area contributed by atoms with Gasteiger partial charge in [-0.1, -0.05) is 20.8 Å². The van der Waals surface area contributed by atoms with Gasteiger partial charge >= 0.3 is 5.97 Å². The highest BCUT2D eigenvalue weighted by Gasteiger charge is 2.42. The first-order chi connectivity index (χ1) is 9.08. The number of piperidine rings is 1. The van der Waals surface area contributed by atoms with Crippen LogP contribution < -0.4 is 0 Å². The second-order valence-corrected chi connectivity index (χ2v) is 6.87. The van der Waals surface area contributed by atoms with E-state index in [9.17, 15) is 14.7 Å². The molecule has 0 bridgehead atoms. The van der Waals surface area contributed by atoms with Crippen molar-refractivity contribution in [3.05, 3.63) is 0 Å². The molecule has 1 aliphatic heterocycles. The Hall–Kier alpha value is -1.10. The molecule has 5 nitrogen and oxygen atoms in total. The van der Waals surface area contributed by atoms with Gasteiger partial charge in [-0.05, 0) is 32.1 Å². The highest BCUT2D eigenvalue weighted by Crippen LogP contribution is 2.31. The van der Waals surface area contributed by atoms with Crippen LogP contribution in [0.4, 0.5) is 0 Å². The number of carbonyl (C=O) groups excluding carboxylic acids is 2. The molecule has 0 saturated carbocycles. The minimum Gasteiger partial charge on any atom is -0.465 e. The summed E-state index contributed by atoms with van der Waals surface area (Å²) in [5.41, 5.74) is -1.19. The molecule has 1 amide bonds. The van der Waals surface area contributed by atoms with E-state index in [1.807, 2.05) is 20.8 Å². The van der Waals surface area contributed by atoms with Crippen LogP contribution in [0.15, 0.2) is 0 Å². The van der Waals surface area contributed by atoms with Gasteiger partial charge in [-0.25, -0.2) is 0 Å². The predicted octanol–water partition coefficient (Wildman–Crippen LogP) is 1.59. The molecule has 5 heteroatoms. The number of aliphatic hydroxyl groups is 1. The summed E-state index contributed by atoms with van der Waals surface area (Å²) in [4.78, 5) is 26.4. The lowest BCUT2D eigenvalue weighted by Gasteiger charge is -2.39. The second-order valence-electron chi connectivity index (χ2n) is 6.87. The SMILES string of the molecule is CCOC(=O)C(C(=O)N1CCC(C)(O)CC1)C(C)(C)C. The van der Waals surface area contributed by atoms with E-state index in [1.165, 1.54) is 0 Å². The minimum absolute atomic E-state index is 0.188. The molecule has 0 aromatic rings. The van der Waals surface area contributed by atoms with Gasteiger partial charge < -0.3 is 14.7 Å².